The Bertz CT molecular complexity index is 807. The van der Waals surface area contributed by atoms with Crippen molar-refractivity contribution >= 4 is 15.9 Å². The first kappa shape index (κ1) is 15.3. The molecule has 0 amide bonds. The number of rotatable bonds is 2. The van der Waals surface area contributed by atoms with Crippen LogP contribution in [0, 0.1) is 16.2 Å². The molecule has 0 saturated heterocycles. The molecule has 4 rings (SSSR count). The molecule has 2 bridgehead atoms. The van der Waals surface area contributed by atoms with Crippen LogP contribution in [0.4, 0.5) is 0 Å². The van der Waals surface area contributed by atoms with Crippen molar-refractivity contribution in [3.8, 4) is 0 Å². The highest BCUT2D eigenvalue weighted by Gasteiger charge is 2.88. The highest BCUT2D eigenvalue weighted by atomic mass is 32.2. The van der Waals surface area contributed by atoms with E-state index in [9.17, 15) is 17.8 Å². The maximum atomic E-state index is 13.3. The van der Waals surface area contributed by atoms with E-state index in [4.69, 9.17) is 0 Å². The van der Waals surface area contributed by atoms with E-state index in [1.807, 2.05) is 51.1 Å². The summed E-state index contributed by atoms with van der Waals surface area (Å²) in [5, 5.41) is -0.919. The molecule has 124 valence electrons. The Morgan fingerprint density at radius 2 is 1.65 bits per heavy atom. The van der Waals surface area contributed by atoms with Crippen LogP contribution in [0.25, 0.3) is 0 Å². The molecule has 3 unspecified atom stereocenters. The smallest absolute Gasteiger partial charge is 0.268 e. The van der Waals surface area contributed by atoms with E-state index in [1.165, 1.54) is 0 Å². The predicted molar refractivity (Wildman–Crippen MR) is 86.6 cm³/mol. The second-order valence-corrected chi connectivity index (χ2v) is 9.85. The summed E-state index contributed by atoms with van der Waals surface area (Å²) >= 11 is 0. The molecule has 1 aromatic rings. The molecule has 3 atom stereocenters. The number of carbonyl (C=O) groups excluding carboxylic acids is 1. The van der Waals surface area contributed by atoms with Gasteiger partial charge >= 0.3 is 0 Å². The zero-order valence-electron chi connectivity index (χ0n) is 13.7. The van der Waals surface area contributed by atoms with Crippen molar-refractivity contribution < 1.29 is 17.8 Å². The Kier molecular flexibility index (Phi) is 2.59. The maximum Gasteiger partial charge on any atom is 0.268 e. The Balaban J connectivity index is 2.13. The molecule has 5 heteroatoms. The Hall–Kier alpha value is -1.20. The lowest BCUT2D eigenvalue weighted by molar-refractivity contribution is -0.132. The zero-order valence-corrected chi connectivity index (χ0v) is 14.5. The summed E-state index contributed by atoms with van der Waals surface area (Å²) < 4.78 is 34.6. The number of ketones is 1. The maximum absolute atomic E-state index is 13.3. The number of Topliss-reactive ketones (excluding diaryl/α,β-unsaturated/α-hetero) is 1. The van der Waals surface area contributed by atoms with Crippen LogP contribution in [0.5, 0.6) is 0 Å². The SMILES string of the molecule is CC12CC(S(=O)(=O)O)C(c3ccccc3)(C3(CC3)C1=O)C2(C)C. The normalized spacial score (nSPS) is 39.8. The summed E-state index contributed by atoms with van der Waals surface area (Å²) in [6.45, 7) is 5.91. The molecule has 0 aliphatic heterocycles. The molecule has 4 nitrogen and oxygen atoms in total. The molecular formula is C18H22O4S. The Morgan fingerprint density at radius 3 is 2.13 bits per heavy atom. The number of hydrogen-bond donors (Lipinski definition) is 1. The first-order valence-electron chi connectivity index (χ1n) is 8.12. The van der Waals surface area contributed by atoms with Gasteiger partial charge in [-0.25, -0.2) is 0 Å². The largest absolute Gasteiger partial charge is 0.298 e. The van der Waals surface area contributed by atoms with Crippen molar-refractivity contribution in [2.45, 2.75) is 50.7 Å². The van der Waals surface area contributed by atoms with Gasteiger partial charge in [-0.15, -0.1) is 0 Å². The standard InChI is InChI=1S/C18H22O4S/c1-15(2)16(3)11-13(23(20,21)22)18(15,12-7-5-4-6-8-12)17(9-10-17)14(16)19/h4-8,13H,9-11H2,1-3H3,(H,20,21,22). The fraction of sp³-hybridized carbons (Fsp3) is 0.611. The van der Waals surface area contributed by atoms with Gasteiger partial charge in [0.15, 0.2) is 0 Å². The van der Waals surface area contributed by atoms with Gasteiger partial charge in [-0.1, -0.05) is 51.1 Å². The van der Waals surface area contributed by atoms with Crippen molar-refractivity contribution in [2.75, 3.05) is 0 Å². The van der Waals surface area contributed by atoms with Gasteiger partial charge in [0, 0.05) is 16.2 Å². The van der Waals surface area contributed by atoms with E-state index >= 15 is 0 Å². The van der Waals surface area contributed by atoms with Gasteiger partial charge in [0.2, 0.25) is 0 Å². The molecular weight excluding hydrogens is 312 g/mol. The van der Waals surface area contributed by atoms with Crippen molar-refractivity contribution in [2.24, 2.45) is 16.2 Å². The van der Waals surface area contributed by atoms with E-state index in [0.717, 1.165) is 5.56 Å². The predicted octanol–water partition coefficient (Wildman–Crippen LogP) is 2.98. The molecule has 1 N–H and O–H groups in total. The van der Waals surface area contributed by atoms with Crippen LogP contribution in [-0.2, 0) is 20.3 Å². The van der Waals surface area contributed by atoms with Crippen LogP contribution in [0.15, 0.2) is 30.3 Å². The second kappa shape index (κ2) is 3.89. The minimum Gasteiger partial charge on any atom is -0.298 e. The number of hydrogen-bond acceptors (Lipinski definition) is 3. The van der Waals surface area contributed by atoms with Crippen LogP contribution in [0.2, 0.25) is 0 Å². The van der Waals surface area contributed by atoms with Crippen LogP contribution >= 0.6 is 0 Å². The molecule has 0 heterocycles. The van der Waals surface area contributed by atoms with Gasteiger partial charge in [-0.05, 0) is 30.2 Å². The minimum atomic E-state index is -4.26. The van der Waals surface area contributed by atoms with Gasteiger partial charge in [-0.2, -0.15) is 8.42 Å². The quantitative estimate of drug-likeness (QED) is 0.844. The number of carbonyl (C=O) groups is 1. The third-order valence-corrected chi connectivity index (χ3v) is 8.71. The molecule has 0 aromatic heterocycles. The van der Waals surface area contributed by atoms with Gasteiger partial charge in [0.25, 0.3) is 10.1 Å². The fourth-order valence-corrected chi connectivity index (χ4v) is 7.85. The van der Waals surface area contributed by atoms with Gasteiger partial charge in [0.05, 0.1) is 5.25 Å². The van der Waals surface area contributed by atoms with E-state index in [1.54, 1.807) is 0 Å². The van der Waals surface area contributed by atoms with Crippen LogP contribution < -0.4 is 0 Å². The average molecular weight is 334 g/mol. The van der Waals surface area contributed by atoms with E-state index in [-0.39, 0.29) is 12.2 Å². The van der Waals surface area contributed by atoms with Crippen molar-refractivity contribution in [3.05, 3.63) is 35.9 Å². The molecule has 1 aromatic carbocycles. The van der Waals surface area contributed by atoms with Gasteiger partial charge in [0.1, 0.15) is 5.78 Å². The molecule has 3 aliphatic rings. The second-order valence-electron chi connectivity index (χ2n) is 8.25. The molecule has 3 saturated carbocycles. The summed E-state index contributed by atoms with van der Waals surface area (Å²) in [6.07, 6.45) is 1.63. The minimum absolute atomic E-state index is 0.193. The van der Waals surface area contributed by atoms with Crippen molar-refractivity contribution in [3.63, 3.8) is 0 Å². The van der Waals surface area contributed by atoms with Crippen LogP contribution in [-0.4, -0.2) is 24.0 Å². The van der Waals surface area contributed by atoms with Crippen molar-refractivity contribution in [1.29, 1.82) is 0 Å². The Morgan fingerprint density at radius 1 is 1.09 bits per heavy atom. The summed E-state index contributed by atoms with van der Waals surface area (Å²) in [6, 6.07) is 9.50. The fourth-order valence-electron chi connectivity index (χ4n) is 6.21. The third kappa shape index (κ3) is 1.35. The summed E-state index contributed by atoms with van der Waals surface area (Å²) in [5.74, 6) is 0.193. The molecule has 1 spiro atoms. The Labute approximate surface area is 137 Å². The highest BCUT2D eigenvalue weighted by Crippen LogP contribution is 2.84. The average Bonchev–Trinajstić information content (AvgIpc) is 3.21. The summed E-state index contributed by atoms with van der Waals surface area (Å²) in [5.41, 5.74) is -1.86. The third-order valence-electron chi connectivity index (χ3n) is 7.47. The number of benzene rings is 1. The topological polar surface area (TPSA) is 71.4 Å². The van der Waals surface area contributed by atoms with Gasteiger partial charge in [-0.3, -0.25) is 9.35 Å². The van der Waals surface area contributed by atoms with Crippen LogP contribution in [0.1, 0.15) is 45.6 Å². The zero-order chi connectivity index (χ0) is 16.9. The molecule has 3 aliphatic carbocycles. The van der Waals surface area contributed by atoms with Gasteiger partial charge < -0.3 is 0 Å². The van der Waals surface area contributed by atoms with Crippen molar-refractivity contribution in [1.82, 2.24) is 0 Å². The van der Waals surface area contributed by atoms with E-state index < -0.39 is 37.0 Å². The first-order valence-corrected chi connectivity index (χ1v) is 9.63. The first-order chi connectivity index (χ1) is 10.6. The number of fused-ring (bicyclic) bond motifs is 3. The molecule has 3 fully saturated rings. The van der Waals surface area contributed by atoms with Crippen LogP contribution in [0.3, 0.4) is 0 Å². The lowest BCUT2D eigenvalue weighted by Crippen LogP contribution is -2.54. The molecule has 23 heavy (non-hydrogen) atoms. The summed E-state index contributed by atoms with van der Waals surface area (Å²) in [7, 11) is -4.26. The van der Waals surface area contributed by atoms with E-state index in [2.05, 4.69) is 0 Å². The summed E-state index contributed by atoms with van der Waals surface area (Å²) in [4.78, 5) is 13.3. The monoisotopic (exact) mass is 334 g/mol. The lowest BCUT2D eigenvalue weighted by Gasteiger charge is -2.46. The molecule has 0 radical (unpaired) electrons. The highest BCUT2D eigenvalue weighted by molar-refractivity contribution is 7.86. The van der Waals surface area contributed by atoms with E-state index in [0.29, 0.717) is 12.8 Å². The lowest BCUT2D eigenvalue weighted by atomic mass is 9.58.